The smallest absolute Gasteiger partial charge is 0.108 e. The maximum absolute atomic E-state index is 8.27. The van der Waals surface area contributed by atoms with E-state index in [-0.39, 0.29) is 5.76 Å². The monoisotopic (exact) mass is 196 g/mol. The number of hydrogen-bond acceptors (Lipinski definition) is 1. The van der Waals surface area contributed by atoms with Crippen LogP contribution in [0, 0.1) is 0 Å². The van der Waals surface area contributed by atoms with E-state index < -0.39 is 0 Å². The molecule has 0 aromatic carbocycles. The van der Waals surface area contributed by atoms with Crippen molar-refractivity contribution in [2.24, 2.45) is 0 Å². The van der Waals surface area contributed by atoms with Gasteiger partial charge in [-0.15, -0.1) is 0 Å². The van der Waals surface area contributed by atoms with E-state index in [1.807, 2.05) is 22.6 Å². The van der Waals surface area contributed by atoms with Crippen LogP contribution in [0.2, 0.25) is 0 Å². The summed E-state index contributed by atoms with van der Waals surface area (Å²) in [5, 5.41) is 8.27. The summed E-state index contributed by atoms with van der Waals surface area (Å²) >= 11 is 2.00. The van der Waals surface area contributed by atoms with Gasteiger partial charge in [0.2, 0.25) is 0 Å². The Morgan fingerprint density at radius 1 is 1.83 bits per heavy atom. The molecule has 0 bridgehead atoms. The van der Waals surface area contributed by atoms with Crippen LogP contribution in [0.1, 0.15) is 0 Å². The summed E-state index contributed by atoms with van der Waals surface area (Å²) in [4.78, 5) is 0. The molecule has 0 aromatic heterocycles. The summed E-state index contributed by atoms with van der Waals surface area (Å²) in [6, 6.07) is 0. The highest BCUT2D eigenvalue weighted by Crippen LogP contribution is 1.88. The van der Waals surface area contributed by atoms with Crippen LogP contribution in [-0.4, -0.2) is 5.11 Å². The average molecular weight is 196 g/mol. The highest BCUT2D eigenvalue weighted by Gasteiger charge is 1.67. The number of aliphatic hydroxyl groups excluding tert-OH is 1. The standard InChI is InChI=1S/C4H5IO/c1-4(6)2-3-5/h2-3,6H,1H2/b3-2-. The van der Waals surface area contributed by atoms with E-state index in [2.05, 4.69) is 6.58 Å². The lowest BCUT2D eigenvalue weighted by Gasteiger charge is -1.75. The van der Waals surface area contributed by atoms with Crippen LogP contribution < -0.4 is 0 Å². The number of rotatable bonds is 1. The Kier molecular flexibility index (Phi) is 3.21. The molecule has 1 nitrogen and oxygen atoms in total. The van der Waals surface area contributed by atoms with Gasteiger partial charge >= 0.3 is 0 Å². The molecular weight excluding hydrogens is 191 g/mol. The fraction of sp³-hybridized carbons (Fsp3) is 0. The van der Waals surface area contributed by atoms with Gasteiger partial charge in [0.15, 0.2) is 0 Å². The van der Waals surface area contributed by atoms with Crippen molar-refractivity contribution >= 4 is 22.6 Å². The molecule has 0 saturated heterocycles. The highest BCUT2D eigenvalue weighted by atomic mass is 127. The molecule has 0 radical (unpaired) electrons. The van der Waals surface area contributed by atoms with Crippen LogP contribution in [0.25, 0.3) is 0 Å². The molecule has 0 heterocycles. The Morgan fingerprint density at radius 3 is 2.33 bits per heavy atom. The van der Waals surface area contributed by atoms with Crippen molar-refractivity contribution in [1.82, 2.24) is 0 Å². The SMILES string of the molecule is C=C(O)/C=C\I. The topological polar surface area (TPSA) is 20.2 Å². The minimum absolute atomic E-state index is 0.101. The second-order valence-corrected chi connectivity index (χ2v) is 1.50. The van der Waals surface area contributed by atoms with E-state index in [9.17, 15) is 0 Å². The quantitative estimate of drug-likeness (QED) is 0.386. The van der Waals surface area contributed by atoms with E-state index in [1.54, 1.807) is 4.08 Å². The first-order valence-electron chi connectivity index (χ1n) is 1.42. The van der Waals surface area contributed by atoms with E-state index in [0.717, 1.165) is 0 Å². The van der Waals surface area contributed by atoms with Crippen molar-refractivity contribution in [2.45, 2.75) is 0 Å². The molecule has 0 amide bonds. The second-order valence-electron chi connectivity index (χ2n) is 0.784. The molecule has 1 N–H and O–H groups in total. The molecule has 0 spiro atoms. The molecule has 0 fully saturated rings. The molecule has 6 heavy (non-hydrogen) atoms. The summed E-state index contributed by atoms with van der Waals surface area (Å²) in [5.41, 5.74) is 0. The van der Waals surface area contributed by atoms with Gasteiger partial charge in [-0.25, -0.2) is 0 Å². The third kappa shape index (κ3) is 4.01. The van der Waals surface area contributed by atoms with Gasteiger partial charge in [0, 0.05) is 0 Å². The van der Waals surface area contributed by atoms with E-state index >= 15 is 0 Å². The van der Waals surface area contributed by atoms with E-state index in [0.29, 0.717) is 0 Å². The van der Waals surface area contributed by atoms with Gasteiger partial charge in [-0.1, -0.05) is 29.2 Å². The largest absolute Gasteiger partial charge is 0.509 e. The zero-order chi connectivity index (χ0) is 4.99. The average Bonchev–Trinajstić information content (AvgIpc) is 1.35. The van der Waals surface area contributed by atoms with Crippen LogP contribution in [0.3, 0.4) is 0 Å². The lowest BCUT2D eigenvalue weighted by molar-refractivity contribution is 0.435. The van der Waals surface area contributed by atoms with Crippen LogP contribution >= 0.6 is 22.6 Å². The Morgan fingerprint density at radius 2 is 2.33 bits per heavy atom. The molecule has 0 saturated carbocycles. The fourth-order valence-electron chi connectivity index (χ4n) is 0.0727. The third-order valence-electron chi connectivity index (χ3n) is 0.255. The zero-order valence-electron chi connectivity index (χ0n) is 3.19. The minimum atomic E-state index is 0.101. The molecule has 0 aromatic rings. The lowest BCUT2D eigenvalue weighted by Crippen LogP contribution is -1.60. The number of allylic oxidation sites excluding steroid dienone is 1. The number of aliphatic hydroxyl groups is 1. The van der Waals surface area contributed by atoms with Crippen molar-refractivity contribution in [1.29, 1.82) is 0 Å². The molecule has 2 heteroatoms. The summed E-state index contributed by atoms with van der Waals surface area (Å²) in [6.07, 6.45) is 1.51. The first-order chi connectivity index (χ1) is 2.77. The molecule has 0 unspecified atom stereocenters. The first kappa shape index (κ1) is 6.01. The van der Waals surface area contributed by atoms with Gasteiger partial charge in [-0.3, -0.25) is 0 Å². The predicted octanol–water partition coefficient (Wildman–Crippen LogP) is 2.01. The van der Waals surface area contributed by atoms with Gasteiger partial charge in [0.1, 0.15) is 5.76 Å². The molecule has 0 rings (SSSR count). The van der Waals surface area contributed by atoms with Crippen LogP contribution in [-0.2, 0) is 0 Å². The highest BCUT2D eigenvalue weighted by molar-refractivity contribution is 14.1. The van der Waals surface area contributed by atoms with Crippen molar-refractivity contribution < 1.29 is 5.11 Å². The lowest BCUT2D eigenvalue weighted by atomic mass is 10.6. The molecule has 0 aliphatic heterocycles. The van der Waals surface area contributed by atoms with Crippen molar-refractivity contribution in [3.8, 4) is 0 Å². The van der Waals surface area contributed by atoms with Crippen LogP contribution in [0.5, 0.6) is 0 Å². The fourth-order valence-corrected chi connectivity index (χ4v) is 0.488. The van der Waals surface area contributed by atoms with Crippen molar-refractivity contribution in [2.75, 3.05) is 0 Å². The predicted molar refractivity (Wildman–Crippen MR) is 34.9 cm³/mol. The molecule has 0 atom stereocenters. The van der Waals surface area contributed by atoms with Crippen LogP contribution in [0.4, 0.5) is 0 Å². The van der Waals surface area contributed by atoms with Gasteiger partial charge < -0.3 is 5.11 Å². The molecule has 0 aliphatic carbocycles. The van der Waals surface area contributed by atoms with Gasteiger partial charge in [0.05, 0.1) is 0 Å². The Balaban J connectivity index is 3.30. The summed E-state index contributed by atoms with van der Waals surface area (Å²) in [5.74, 6) is 0.101. The first-order valence-corrected chi connectivity index (χ1v) is 2.66. The maximum atomic E-state index is 8.27. The van der Waals surface area contributed by atoms with Gasteiger partial charge in [0.25, 0.3) is 0 Å². The van der Waals surface area contributed by atoms with Crippen molar-refractivity contribution in [3.63, 3.8) is 0 Å². The van der Waals surface area contributed by atoms with Gasteiger partial charge in [-0.05, 0) is 10.2 Å². The molecular formula is C4H5IO. The van der Waals surface area contributed by atoms with Crippen molar-refractivity contribution in [3.05, 3.63) is 22.5 Å². The molecule has 0 aliphatic rings. The summed E-state index contributed by atoms with van der Waals surface area (Å²) in [6.45, 7) is 3.21. The zero-order valence-corrected chi connectivity index (χ0v) is 5.34. The normalized spacial score (nSPS) is 9.50. The van der Waals surface area contributed by atoms with Crippen LogP contribution in [0.15, 0.2) is 22.5 Å². The molecule has 34 valence electrons. The second kappa shape index (κ2) is 3.21. The summed E-state index contributed by atoms with van der Waals surface area (Å²) < 4.78 is 1.69. The van der Waals surface area contributed by atoms with E-state index in [4.69, 9.17) is 5.11 Å². The van der Waals surface area contributed by atoms with E-state index in [1.165, 1.54) is 6.08 Å². The number of hydrogen-bond donors (Lipinski definition) is 1. The Labute approximate surface area is 50.5 Å². The maximum Gasteiger partial charge on any atom is 0.108 e. The third-order valence-corrected chi connectivity index (χ3v) is 0.615. The van der Waals surface area contributed by atoms with Gasteiger partial charge in [-0.2, -0.15) is 0 Å². The minimum Gasteiger partial charge on any atom is -0.509 e. The summed E-state index contributed by atoms with van der Waals surface area (Å²) in [7, 11) is 0. The Bertz CT molecular complexity index is 75.6. The Hall–Kier alpha value is 0.01000. The number of halogens is 1.